The summed E-state index contributed by atoms with van der Waals surface area (Å²) >= 11 is 1.64. The number of hydrogen-bond acceptors (Lipinski definition) is 5. The van der Waals surface area contributed by atoms with Gasteiger partial charge in [0.15, 0.2) is 0 Å². The fraction of sp³-hybridized carbons (Fsp3) is 0.400. The van der Waals surface area contributed by atoms with E-state index in [-0.39, 0.29) is 0 Å². The van der Waals surface area contributed by atoms with E-state index in [0.29, 0.717) is 6.04 Å². The Hall–Kier alpha value is -2.18. The lowest BCUT2D eigenvalue weighted by molar-refractivity contribution is 0.196. The van der Waals surface area contributed by atoms with E-state index in [0.717, 1.165) is 36.8 Å². The Bertz CT molecular complexity index is 834. The van der Waals surface area contributed by atoms with Crippen molar-refractivity contribution in [1.82, 2.24) is 19.9 Å². The van der Waals surface area contributed by atoms with Crippen molar-refractivity contribution in [3.63, 3.8) is 0 Å². The number of benzene rings is 1. The third-order valence-corrected chi connectivity index (χ3v) is 5.77. The van der Waals surface area contributed by atoms with Gasteiger partial charge in [-0.3, -0.25) is 4.90 Å². The highest BCUT2D eigenvalue weighted by Gasteiger charge is 2.23. The van der Waals surface area contributed by atoms with Gasteiger partial charge in [-0.2, -0.15) is 0 Å². The zero-order chi connectivity index (χ0) is 17.9. The maximum Gasteiger partial charge on any atom is 0.120 e. The number of nitrogens with one attached hydrogen (secondary N) is 1. The minimum Gasteiger partial charge on any atom is -0.371 e. The van der Waals surface area contributed by atoms with E-state index in [1.807, 2.05) is 11.7 Å². The average molecular weight is 368 g/mol. The second-order valence-electron chi connectivity index (χ2n) is 7.07. The van der Waals surface area contributed by atoms with Crippen molar-refractivity contribution in [3.8, 4) is 11.3 Å². The largest absolute Gasteiger partial charge is 0.371 e. The van der Waals surface area contributed by atoms with Crippen LogP contribution in [0, 0.1) is 6.92 Å². The number of anilines is 1. The van der Waals surface area contributed by atoms with Crippen LogP contribution in [0.25, 0.3) is 11.3 Å². The summed E-state index contributed by atoms with van der Waals surface area (Å²) in [5.41, 5.74) is 6.60. The molecule has 1 saturated heterocycles. The van der Waals surface area contributed by atoms with Gasteiger partial charge in [-0.1, -0.05) is 12.1 Å². The summed E-state index contributed by atoms with van der Waals surface area (Å²) < 4.78 is 0. The molecule has 4 rings (SSSR count). The predicted molar refractivity (Wildman–Crippen MR) is 108 cm³/mol. The zero-order valence-corrected chi connectivity index (χ0v) is 16.2. The van der Waals surface area contributed by atoms with Crippen molar-refractivity contribution in [2.75, 3.05) is 25.0 Å². The quantitative estimate of drug-likeness (QED) is 0.742. The van der Waals surface area contributed by atoms with Gasteiger partial charge >= 0.3 is 0 Å². The average Bonchev–Trinajstić information content (AvgIpc) is 3.34. The van der Waals surface area contributed by atoms with Gasteiger partial charge in [-0.05, 0) is 38.9 Å². The van der Waals surface area contributed by atoms with Crippen molar-refractivity contribution in [2.45, 2.75) is 32.4 Å². The number of H-pyrrole nitrogens is 1. The smallest absolute Gasteiger partial charge is 0.120 e. The van der Waals surface area contributed by atoms with Gasteiger partial charge in [0, 0.05) is 47.7 Å². The summed E-state index contributed by atoms with van der Waals surface area (Å²) in [7, 11) is 2.21. The predicted octanol–water partition coefficient (Wildman–Crippen LogP) is 3.94. The van der Waals surface area contributed by atoms with Crippen molar-refractivity contribution < 1.29 is 0 Å². The molecule has 1 aliphatic heterocycles. The maximum atomic E-state index is 4.43. The summed E-state index contributed by atoms with van der Waals surface area (Å²) in [6.07, 6.45) is 4.26. The summed E-state index contributed by atoms with van der Waals surface area (Å²) in [6.45, 7) is 5.12. The number of nitrogens with zero attached hydrogens (tertiary/aromatic N) is 4. The maximum absolute atomic E-state index is 4.43. The number of rotatable bonds is 5. The first-order valence-electron chi connectivity index (χ1n) is 9.13. The number of aromatic nitrogens is 3. The van der Waals surface area contributed by atoms with Crippen LogP contribution in [0.2, 0.25) is 0 Å². The molecule has 0 saturated carbocycles. The monoisotopic (exact) mass is 367 g/mol. The molecule has 136 valence electrons. The Kier molecular flexibility index (Phi) is 5.04. The lowest BCUT2D eigenvalue weighted by Gasteiger charge is -2.37. The molecule has 2 aromatic heterocycles. The van der Waals surface area contributed by atoms with Crippen LogP contribution in [0.15, 0.2) is 41.4 Å². The first-order valence-corrected chi connectivity index (χ1v) is 10.1. The number of piperidine rings is 1. The van der Waals surface area contributed by atoms with Gasteiger partial charge in [-0.15, -0.1) is 11.3 Å². The lowest BCUT2D eigenvalue weighted by Crippen LogP contribution is -2.43. The molecule has 1 aliphatic rings. The SMILES string of the molecule is Cc1cnc(CN(C)C2CCN(c3cccc(-c4cscn4)c3)CC2)[nH]1. The molecule has 5 nitrogen and oxygen atoms in total. The Labute approximate surface area is 158 Å². The molecule has 3 heterocycles. The van der Waals surface area contributed by atoms with Crippen molar-refractivity contribution in [3.05, 3.63) is 52.9 Å². The molecular formula is C20H25N5S. The van der Waals surface area contributed by atoms with Crippen molar-refractivity contribution >= 4 is 17.0 Å². The van der Waals surface area contributed by atoms with Crippen molar-refractivity contribution in [1.29, 1.82) is 0 Å². The summed E-state index contributed by atoms with van der Waals surface area (Å²) in [5, 5.41) is 2.11. The van der Waals surface area contributed by atoms with Crippen LogP contribution in [0.5, 0.6) is 0 Å². The Balaban J connectivity index is 1.37. The number of imidazole rings is 1. The molecule has 26 heavy (non-hydrogen) atoms. The Morgan fingerprint density at radius 2 is 2.12 bits per heavy atom. The third-order valence-electron chi connectivity index (χ3n) is 5.18. The van der Waals surface area contributed by atoms with Crippen LogP contribution < -0.4 is 4.90 Å². The van der Waals surface area contributed by atoms with Gasteiger partial charge < -0.3 is 9.88 Å². The molecular weight excluding hydrogens is 342 g/mol. The van der Waals surface area contributed by atoms with Gasteiger partial charge in [0.2, 0.25) is 0 Å². The van der Waals surface area contributed by atoms with Crippen molar-refractivity contribution in [2.24, 2.45) is 0 Å². The van der Waals surface area contributed by atoms with E-state index in [1.54, 1.807) is 11.3 Å². The second-order valence-corrected chi connectivity index (χ2v) is 7.79. The molecule has 0 amide bonds. The third kappa shape index (κ3) is 3.81. The number of thiazole rings is 1. The van der Waals surface area contributed by atoms with Crippen LogP contribution in [-0.4, -0.2) is 46.0 Å². The first-order chi connectivity index (χ1) is 12.7. The second kappa shape index (κ2) is 7.60. The first kappa shape index (κ1) is 17.2. The van der Waals surface area contributed by atoms with Crippen LogP contribution in [-0.2, 0) is 6.54 Å². The van der Waals surface area contributed by atoms with E-state index >= 15 is 0 Å². The highest BCUT2D eigenvalue weighted by atomic mass is 32.1. The van der Waals surface area contributed by atoms with Crippen LogP contribution in [0.1, 0.15) is 24.4 Å². The minimum atomic E-state index is 0.610. The van der Waals surface area contributed by atoms with E-state index in [2.05, 4.69) is 68.4 Å². The van der Waals surface area contributed by atoms with Gasteiger partial charge in [0.1, 0.15) is 5.82 Å². The molecule has 0 radical (unpaired) electrons. The van der Waals surface area contributed by atoms with Gasteiger partial charge in [-0.25, -0.2) is 9.97 Å². The zero-order valence-electron chi connectivity index (χ0n) is 15.4. The summed E-state index contributed by atoms with van der Waals surface area (Å²) in [6, 6.07) is 9.38. The molecule has 3 aromatic rings. The standard InChI is InChI=1S/C20H25N5S/c1-15-11-21-20(23-15)12-24(2)17-6-8-25(9-7-17)18-5-3-4-16(10-18)19-13-26-14-22-19/h3-5,10-11,13-14,17H,6-9,12H2,1-2H3,(H,21,23). The van der Waals surface area contributed by atoms with E-state index in [1.165, 1.54) is 24.1 Å². The summed E-state index contributed by atoms with van der Waals surface area (Å²) in [4.78, 5) is 17.1. The minimum absolute atomic E-state index is 0.610. The van der Waals surface area contributed by atoms with Gasteiger partial charge in [0.25, 0.3) is 0 Å². The van der Waals surface area contributed by atoms with Gasteiger partial charge in [0.05, 0.1) is 17.7 Å². The molecule has 0 aliphatic carbocycles. The normalized spacial score (nSPS) is 15.7. The highest BCUT2D eigenvalue weighted by Crippen LogP contribution is 2.27. The van der Waals surface area contributed by atoms with Crippen LogP contribution >= 0.6 is 11.3 Å². The van der Waals surface area contributed by atoms with E-state index in [9.17, 15) is 0 Å². The fourth-order valence-electron chi connectivity index (χ4n) is 3.69. The molecule has 0 bridgehead atoms. The topological polar surface area (TPSA) is 48.1 Å². The van der Waals surface area contributed by atoms with E-state index in [4.69, 9.17) is 0 Å². The van der Waals surface area contributed by atoms with E-state index < -0.39 is 0 Å². The number of hydrogen-bond donors (Lipinski definition) is 1. The molecule has 0 atom stereocenters. The molecule has 0 unspecified atom stereocenters. The van der Waals surface area contributed by atoms with Crippen LogP contribution in [0.3, 0.4) is 0 Å². The number of aromatic amines is 1. The lowest BCUT2D eigenvalue weighted by atomic mass is 10.0. The molecule has 0 spiro atoms. The molecule has 6 heteroatoms. The molecule has 1 N–H and O–H groups in total. The Morgan fingerprint density at radius 1 is 1.27 bits per heavy atom. The summed E-state index contributed by atoms with van der Waals surface area (Å²) in [5.74, 6) is 1.06. The fourth-order valence-corrected chi connectivity index (χ4v) is 4.26. The Morgan fingerprint density at radius 3 is 2.81 bits per heavy atom. The highest BCUT2D eigenvalue weighted by molar-refractivity contribution is 7.07. The molecule has 1 fully saturated rings. The number of aryl methyl sites for hydroxylation is 1. The van der Waals surface area contributed by atoms with Crippen LogP contribution in [0.4, 0.5) is 5.69 Å². The molecule has 1 aromatic carbocycles.